The molecule has 0 bridgehead atoms. The monoisotopic (exact) mass is 302 g/mol. The number of nitrogens with zero attached hydrogens (tertiary/aromatic N) is 1. The van der Waals surface area contributed by atoms with Gasteiger partial charge in [-0.2, -0.15) is 13.2 Å². The number of rotatable bonds is 8. The number of ether oxygens (including phenoxy) is 1. The first kappa shape index (κ1) is 16.1. The van der Waals surface area contributed by atoms with Gasteiger partial charge >= 0.3 is 6.18 Å². The Labute approximate surface area is 123 Å². The molecule has 1 aliphatic carbocycles. The third kappa shape index (κ3) is 5.93. The van der Waals surface area contributed by atoms with Gasteiger partial charge in [0.1, 0.15) is 12.4 Å². The predicted molar refractivity (Wildman–Crippen MR) is 75.4 cm³/mol. The summed E-state index contributed by atoms with van der Waals surface area (Å²) in [6.45, 7) is 0.518. The Balaban J connectivity index is 1.76. The van der Waals surface area contributed by atoms with Gasteiger partial charge in [0.15, 0.2) is 0 Å². The van der Waals surface area contributed by atoms with Gasteiger partial charge in [0.2, 0.25) is 0 Å². The van der Waals surface area contributed by atoms with Crippen molar-refractivity contribution < 1.29 is 17.9 Å². The lowest BCUT2D eigenvalue weighted by Gasteiger charge is -2.23. The van der Waals surface area contributed by atoms with Crippen LogP contribution in [0.1, 0.15) is 18.4 Å². The SMILES string of the molecule is CNCc1ccc(OCCN(CC(F)(F)F)C2CC2)cc1. The molecule has 0 aliphatic heterocycles. The Hall–Kier alpha value is -1.27. The van der Waals surface area contributed by atoms with E-state index in [1.54, 1.807) is 0 Å². The van der Waals surface area contributed by atoms with E-state index < -0.39 is 12.7 Å². The van der Waals surface area contributed by atoms with E-state index in [4.69, 9.17) is 4.74 Å². The van der Waals surface area contributed by atoms with Crippen LogP contribution in [0.5, 0.6) is 5.75 Å². The largest absolute Gasteiger partial charge is 0.492 e. The van der Waals surface area contributed by atoms with Gasteiger partial charge in [-0.05, 0) is 37.6 Å². The van der Waals surface area contributed by atoms with Gasteiger partial charge in [0.05, 0.1) is 6.54 Å². The zero-order valence-corrected chi connectivity index (χ0v) is 12.1. The third-order valence-corrected chi connectivity index (χ3v) is 3.40. The van der Waals surface area contributed by atoms with E-state index in [2.05, 4.69) is 5.32 Å². The molecular formula is C15H21F3N2O. The summed E-state index contributed by atoms with van der Waals surface area (Å²) >= 11 is 0. The minimum Gasteiger partial charge on any atom is -0.492 e. The molecule has 21 heavy (non-hydrogen) atoms. The summed E-state index contributed by atoms with van der Waals surface area (Å²) in [5, 5.41) is 3.05. The molecule has 1 N–H and O–H groups in total. The van der Waals surface area contributed by atoms with E-state index in [0.717, 1.165) is 24.9 Å². The minimum atomic E-state index is -4.14. The van der Waals surface area contributed by atoms with E-state index >= 15 is 0 Å². The quantitative estimate of drug-likeness (QED) is 0.799. The predicted octanol–water partition coefficient (Wildman–Crippen LogP) is 2.81. The Morgan fingerprint density at radius 2 is 1.90 bits per heavy atom. The smallest absolute Gasteiger partial charge is 0.401 e. The highest BCUT2D eigenvalue weighted by Gasteiger charge is 2.37. The zero-order chi connectivity index (χ0) is 15.3. The van der Waals surface area contributed by atoms with Crippen molar-refractivity contribution in [2.75, 3.05) is 26.7 Å². The molecule has 0 radical (unpaired) electrons. The van der Waals surface area contributed by atoms with E-state index in [-0.39, 0.29) is 12.6 Å². The second-order valence-corrected chi connectivity index (χ2v) is 5.34. The molecular weight excluding hydrogens is 281 g/mol. The van der Waals surface area contributed by atoms with Crippen molar-refractivity contribution in [1.82, 2.24) is 10.2 Å². The molecule has 1 fully saturated rings. The maximum absolute atomic E-state index is 12.5. The number of nitrogens with one attached hydrogen (secondary N) is 1. The Morgan fingerprint density at radius 3 is 2.43 bits per heavy atom. The zero-order valence-electron chi connectivity index (χ0n) is 12.1. The summed E-state index contributed by atoms with van der Waals surface area (Å²) in [6.07, 6.45) is -2.43. The second kappa shape index (κ2) is 7.13. The lowest BCUT2D eigenvalue weighted by molar-refractivity contribution is -0.147. The summed E-state index contributed by atoms with van der Waals surface area (Å²) in [7, 11) is 1.87. The van der Waals surface area contributed by atoms with E-state index in [0.29, 0.717) is 12.3 Å². The molecule has 0 atom stereocenters. The first-order valence-electron chi connectivity index (χ1n) is 7.15. The average molecular weight is 302 g/mol. The standard InChI is InChI=1S/C15H21F3N2O/c1-19-10-12-2-6-14(7-3-12)21-9-8-20(13-4-5-13)11-15(16,17)18/h2-3,6-7,13,19H,4-5,8-11H2,1H3. The van der Waals surface area contributed by atoms with Crippen molar-refractivity contribution in [1.29, 1.82) is 0 Å². The first-order valence-corrected chi connectivity index (χ1v) is 7.15. The molecule has 0 unspecified atom stereocenters. The van der Waals surface area contributed by atoms with Gasteiger partial charge in [0, 0.05) is 19.1 Å². The highest BCUT2D eigenvalue weighted by Crippen LogP contribution is 2.29. The van der Waals surface area contributed by atoms with Crippen LogP contribution in [0.25, 0.3) is 0 Å². The van der Waals surface area contributed by atoms with E-state index in [9.17, 15) is 13.2 Å². The number of benzene rings is 1. The van der Waals surface area contributed by atoms with Crippen LogP contribution in [0.3, 0.4) is 0 Å². The summed E-state index contributed by atoms with van der Waals surface area (Å²) in [5.74, 6) is 0.692. The van der Waals surface area contributed by atoms with Gasteiger partial charge in [-0.25, -0.2) is 0 Å². The van der Waals surface area contributed by atoms with Crippen molar-refractivity contribution in [2.24, 2.45) is 0 Å². The summed E-state index contributed by atoms with van der Waals surface area (Å²) in [4.78, 5) is 1.47. The molecule has 0 aromatic heterocycles. The molecule has 0 spiro atoms. The number of alkyl halides is 3. The Bertz CT molecular complexity index is 430. The number of hydrogen-bond donors (Lipinski definition) is 1. The lowest BCUT2D eigenvalue weighted by Crippen LogP contribution is -2.38. The normalized spacial score (nSPS) is 15.5. The second-order valence-electron chi connectivity index (χ2n) is 5.34. The summed E-state index contributed by atoms with van der Waals surface area (Å²) < 4.78 is 43.0. The molecule has 118 valence electrons. The minimum absolute atomic E-state index is 0.0771. The van der Waals surface area contributed by atoms with Crippen LogP contribution < -0.4 is 10.1 Å². The first-order chi connectivity index (χ1) is 9.98. The van der Waals surface area contributed by atoms with Crippen molar-refractivity contribution >= 4 is 0 Å². The fourth-order valence-electron chi connectivity index (χ4n) is 2.25. The molecule has 6 heteroatoms. The van der Waals surface area contributed by atoms with E-state index in [1.807, 2.05) is 31.3 Å². The van der Waals surface area contributed by atoms with Crippen LogP contribution in [-0.2, 0) is 6.54 Å². The van der Waals surface area contributed by atoms with Crippen molar-refractivity contribution in [2.45, 2.75) is 31.6 Å². The van der Waals surface area contributed by atoms with Crippen LogP contribution in [0.4, 0.5) is 13.2 Å². The molecule has 0 heterocycles. The summed E-state index contributed by atoms with van der Waals surface area (Å²) in [5.41, 5.74) is 1.14. The maximum atomic E-state index is 12.5. The van der Waals surface area contributed by atoms with Gasteiger partial charge in [-0.1, -0.05) is 12.1 Å². The Kier molecular flexibility index (Phi) is 5.47. The van der Waals surface area contributed by atoms with Crippen LogP contribution in [0.2, 0.25) is 0 Å². The van der Waals surface area contributed by atoms with Gasteiger partial charge in [0.25, 0.3) is 0 Å². The highest BCUT2D eigenvalue weighted by molar-refractivity contribution is 5.27. The molecule has 3 nitrogen and oxygen atoms in total. The number of halogens is 3. The summed E-state index contributed by atoms with van der Waals surface area (Å²) in [6, 6.07) is 7.66. The molecule has 2 rings (SSSR count). The lowest BCUT2D eigenvalue weighted by atomic mass is 10.2. The van der Waals surface area contributed by atoms with Crippen molar-refractivity contribution in [3.63, 3.8) is 0 Å². The van der Waals surface area contributed by atoms with Gasteiger partial charge in [-0.15, -0.1) is 0 Å². The average Bonchev–Trinajstić information content (AvgIpc) is 3.23. The Morgan fingerprint density at radius 1 is 1.24 bits per heavy atom. The fraction of sp³-hybridized carbons (Fsp3) is 0.600. The van der Waals surface area contributed by atoms with E-state index in [1.165, 1.54) is 4.90 Å². The van der Waals surface area contributed by atoms with Crippen LogP contribution in [0, 0.1) is 0 Å². The molecule has 0 saturated heterocycles. The van der Waals surface area contributed by atoms with Crippen LogP contribution >= 0.6 is 0 Å². The maximum Gasteiger partial charge on any atom is 0.401 e. The van der Waals surface area contributed by atoms with Crippen LogP contribution in [-0.4, -0.2) is 43.9 Å². The molecule has 1 aromatic carbocycles. The highest BCUT2D eigenvalue weighted by atomic mass is 19.4. The molecule has 1 aromatic rings. The molecule has 1 aliphatic rings. The fourth-order valence-corrected chi connectivity index (χ4v) is 2.25. The van der Waals surface area contributed by atoms with Gasteiger partial charge < -0.3 is 10.1 Å². The number of hydrogen-bond acceptors (Lipinski definition) is 3. The van der Waals surface area contributed by atoms with Crippen molar-refractivity contribution in [3.05, 3.63) is 29.8 Å². The van der Waals surface area contributed by atoms with Crippen molar-refractivity contribution in [3.8, 4) is 5.75 Å². The van der Waals surface area contributed by atoms with Gasteiger partial charge in [-0.3, -0.25) is 4.90 Å². The third-order valence-electron chi connectivity index (χ3n) is 3.40. The van der Waals surface area contributed by atoms with Crippen LogP contribution in [0.15, 0.2) is 24.3 Å². The molecule has 1 saturated carbocycles. The topological polar surface area (TPSA) is 24.5 Å². The molecule has 0 amide bonds.